The molecule has 0 radical (unpaired) electrons. The first kappa shape index (κ1) is 18.6. The van der Waals surface area contributed by atoms with Gasteiger partial charge in [0.05, 0.1) is 6.20 Å². The molecule has 1 amide bonds. The number of amides is 1. The minimum absolute atomic E-state index is 0.180. The van der Waals surface area contributed by atoms with Crippen molar-refractivity contribution in [2.24, 2.45) is 7.05 Å². The number of likely N-dealkylation sites (tertiary alicyclic amines) is 1. The Morgan fingerprint density at radius 2 is 2.15 bits per heavy atom. The third-order valence-corrected chi connectivity index (χ3v) is 5.23. The molecule has 140 valence electrons. The van der Waals surface area contributed by atoms with Gasteiger partial charge in [-0.3, -0.25) is 9.48 Å². The SMILES string of the molecule is Cc1cccc(CN2CCC[C@@](O)(CNCc3cnn(C)c3C)C2=O)c1. The van der Waals surface area contributed by atoms with Crippen LogP contribution in [0, 0.1) is 13.8 Å². The van der Waals surface area contributed by atoms with Gasteiger partial charge in [0.1, 0.15) is 0 Å². The van der Waals surface area contributed by atoms with E-state index in [-0.39, 0.29) is 12.5 Å². The first-order valence-corrected chi connectivity index (χ1v) is 9.14. The zero-order chi connectivity index (χ0) is 18.7. The number of nitrogens with zero attached hydrogens (tertiary/aromatic N) is 3. The Labute approximate surface area is 154 Å². The summed E-state index contributed by atoms with van der Waals surface area (Å²) in [5.74, 6) is -0.180. The summed E-state index contributed by atoms with van der Waals surface area (Å²) in [6.45, 7) is 6.13. The maximum absolute atomic E-state index is 12.9. The normalized spacial score (nSPS) is 20.6. The van der Waals surface area contributed by atoms with Crippen LogP contribution in [0.4, 0.5) is 0 Å². The van der Waals surface area contributed by atoms with E-state index in [0.717, 1.165) is 23.2 Å². The molecule has 1 aliphatic rings. The Hall–Kier alpha value is -2.18. The number of carbonyl (C=O) groups excluding carboxylic acids is 1. The number of carbonyl (C=O) groups is 1. The standard InChI is InChI=1S/C20H28N4O2/c1-15-6-4-7-17(10-15)13-24-9-5-8-20(26,19(24)25)14-21-11-18-12-22-23(3)16(18)2/h4,6-7,10,12,21,26H,5,8-9,11,13-14H2,1-3H3/t20-/m1/s1. The van der Waals surface area contributed by atoms with E-state index in [2.05, 4.69) is 16.5 Å². The van der Waals surface area contributed by atoms with Crippen LogP contribution in [0.2, 0.25) is 0 Å². The van der Waals surface area contributed by atoms with Crippen molar-refractivity contribution in [1.82, 2.24) is 20.0 Å². The van der Waals surface area contributed by atoms with Crippen LogP contribution in [0.25, 0.3) is 0 Å². The van der Waals surface area contributed by atoms with E-state index in [1.165, 1.54) is 5.56 Å². The van der Waals surface area contributed by atoms with E-state index in [1.54, 1.807) is 4.90 Å². The van der Waals surface area contributed by atoms with Crippen LogP contribution in [0.5, 0.6) is 0 Å². The smallest absolute Gasteiger partial charge is 0.256 e. The van der Waals surface area contributed by atoms with Crippen molar-refractivity contribution >= 4 is 5.91 Å². The van der Waals surface area contributed by atoms with Gasteiger partial charge in [0.2, 0.25) is 0 Å². The van der Waals surface area contributed by atoms with Gasteiger partial charge in [-0.25, -0.2) is 0 Å². The average Bonchev–Trinajstić information content (AvgIpc) is 2.91. The Morgan fingerprint density at radius 1 is 1.35 bits per heavy atom. The van der Waals surface area contributed by atoms with Crippen molar-refractivity contribution in [3.05, 3.63) is 52.8 Å². The third-order valence-electron chi connectivity index (χ3n) is 5.23. The van der Waals surface area contributed by atoms with Crippen molar-refractivity contribution < 1.29 is 9.90 Å². The van der Waals surface area contributed by atoms with Gasteiger partial charge in [0, 0.05) is 44.5 Å². The van der Waals surface area contributed by atoms with Crippen LogP contribution < -0.4 is 5.32 Å². The van der Waals surface area contributed by atoms with Gasteiger partial charge in [-0.05, 0) is 32.3 Å². The zero-order valence-electron chi connectivity index (χ0n) is 15.8. The maximum Gasteiger partial charge on any atom is 0.256 e. The molecule has 0 unspecified atom stereocenters. The summed E-state index contributed by atoms with van der Waals surface area (Å²) in [4.78, 5) is 14.6. The predicted molar refractivity (Wildman–Crippen MR) is 100 cm³/mol. The van der Waals surface area contributed by atoms with Crippen LogP contribution in [-0.2, 0) is 24.9 Å². The molecule has 0 spiro atoms. The first-order chi connectivity index (χ1) is 12.4. The lowest BCUT2D eigenvalue weighted by Gasteiger charge is -2.38. The fourth-order valence-electron chi connectivity index (χ4n) is 3.53. The number of aliphatic hydroxyl groups is 1. The van der Waals surface area contributed by atoms with E-state index >= 15 is 0 Å². The molecule has 1 fully saturated rings. The lowest BCUT2D eigenvalue weighted by molar-refractivity contribution is -0.157. The molecule has 1 aromatic carbocycles. The molecule has 0 aliphatic carbocycles. The summed E-state index contributed by atoms with van der Waals surface area (Å²) in [5, 5.41) is 18.4. The first-order valence-electron chi connectivity index (χ1n) is 9.14. The maximum atomic E-state index is 12.9. The topological polar surface area (TPSA) is 70.4 Å². The summed E-state index contributed by atoms with van der Waals surface area (Å²) < 4.78 is 1.82. The van der Waals surface area contributed by atoms with Crippen molar-refractivity contribution in [3.63, 3.8) is 0 Å². The Kier molecular flexibility index (Phi) is 5.44. The monoisotopic (exact) mass is 356 g/mol. The lowest BCUT2D eigenvalue weighted by Crippen LogP contribution is -2.57. The van der Waals surface area contributed by atoms with Gasteiger partial charge in [0.25, 0.3) is 5.91 Å². The van der Waals surface area contributed by atoms with Crippen molar-refractivity contribution in [3.8, 4) is 0 Å². The fraction of sp³-hybridized carbons (Fsp3) is 0.500. The van der Waals surface area contributed by atoms with Crippen molar-refractivity contribution in [1.29, 1.82) is 0 Å². The van der Waals surface area contributed by atoms with E-state index in [9.17, 15) is 9.90 Å². The highest BCUT2D eigenvalue weighted by Crippen LogP contribution is 2.24. The van der Waals surface area contributed by atoms with E-state index < -0.39 is 5.60 Å². The van der Waals surface area contributed by atoms with Crippen LogP contribution in [0.3, 0.4) is 0 Å². The molecule has 0 saturated carbocycles. The molecular formula is C20H28N4O2. The molecule has 6 nitrogen and oxygen atoms in total. The van der Waals surface area contributed by atoms with Gasteiger partial charge < -0.3 is 15.3 Å². The molecule has 1 aromatic heterocycles. The molecule has 3 rings (SSSR count). The molecule has 26 heavy (non-hydrogen) atoms. The van der Waals surface area contributed by atoms with Gasteiger partial charge in [-0.2, -0.15) is 5.10 Å². The van der Waals surface area contributed by atoms with Crippen molar-refractivity contribution in [2.75, 3.05) is 13.1 Å². The number of rotatable bonds is 6. The Bertz CT molecular complexity index is 786. The summed E-state index contributed by atoms with van der Waals surface area (Å²) in [5.41, 5.74) is 3.10. The van der Waals surface area contributed by atoms with Gasteiger partial charge >= 0.3 is 0 Å². The van der Waals surface area contributed by atoms with Crippen LogP contribution in [-0.4, -0.2) is 44.4 Å². The second-order valence-electron chi connectivity index (χ2n) is 7.33. The Balaban J connectivity index is 1.61. The van der Waals surface area contributed by atoms with Crippen LogP contribution >= 0.6 is 0 Å². The van der Waals surface area contributed by atoms with Crippen molar-refractivity contribution in [2.45, 2.75) is 45.4 Å². The highest BCUT2D eigenvalue weighted by atomic mass is 16.3. The summed E-state index contributed by atoms with van der Waals surface area (Å²) in [6.07, 6.45) is 3.12. The molecule has 6 heteroatoms. The second kappa shape index (κ2) is 7.60. The second-order valence-corrected chi connectivity index (χ2v) is 7.33. The van der Waals surface area contributed by atoms with E-state index in [1.807, 2.05) is 50.0 Å². The molecule has 1 atom stereocenters. The number of benzene rings is 1. The van der Waals surface area contributed by atoms with E-state index in [4.69, 9.17) is 0 Å². The molecule has 2 aromatic rings. The number of hydrogen-bond donors (Lipinski definition) is 2. The highest BCUT2D eigenvalue weighted by molar-refractivity contribution is 5.86. The molecule has 2 N–H and O–H groups in total. The summed E-state index contributed by atoms with van der Waals surface area (Å²) in [6, 6.07) is 8.16. The third kappa shape index (κ3) is 3.97. The van der Waals surface area contributed by atoms with Crippen LogP contribution in [0.15, 0.2) is 30.5 Å². The molecule has 2 heterocycles. The number of piperidine rings is 1. The van der Waals surface area contributed by atoms with Crippen LogP contribution in [0.1, 0.15) is 35.2 Å². The number of hydrogen-bond acceptors (Lipinski definition) is 4. The van der Waals surface area contributed by atoms with Gasteiger partial charge in [-0.1, -0.05) is 29.8 Å². The van der Waals surface area contributed by atoms with Gasteiger partial charge in [-0.15, -0.1) is 0 Å². The number of nitrogens with one attached hydrogen (secondary N) is 1. The molecule has 1 saturated heterocycles. The lowest BCUT2D eigenvalue weighted by atomic mass is 9.91. The fourth-order valence-corrected chi connectivity index (χ4v) is 3.53. The quantitative estimate of drug-likeness (QED) is 0.826. The predicted octanol–water partition coefficient (Wildman–Crippen LogP) is 1.68. The largest absolute Gasteiger partial charge is 0.379 e. The van der Waals surface area contributed by atoms with E-state index in [0.29, 0.717) is 26.1 Å². The minimum Gasteiger partial charge on any atom is -0.379 e. The molecular weight excluding hydrogens is 328 g/mol. The number of aromatic nitrogens is 2. The minimum atomic E-state index is -1.34. The molecule has 1 aliphatic heterocycles. The Morgan fingerprint density at radius 3 is 2.85 bits per heavy atom. The van der Waals surface area contributed by atoms with Gasteiger partial charge in [0.15, 0.2) is 5.60 Å². The zero-order valence-corrected chi connectivity index (χ0v) is 15.8. The summed E-state index contributed by atoms with van der Waals surface area (Å²) in [7, 11) is 1.90. The summed E-state index contributed by atoms with van der Waals surface area (Å²) >= 11 is 0. The molecule has 0 bridgehead atoms. The highest BCUT2D eigenvalue weighted by Gasteiger charge is 2.41. The number of aryl methyl sites for hydroxylation is 2. The average molecular weight is 356 g/mol.